The lowest BCUT2D eigenvalue weighted by Crippen LogP contribution is -3.14. The van der Waals surface area contributed by atoms with E-state index in [0.717, 1.165) is 32.8 Å². The molecular formula is C16H22Cl2N3O3+. The summed E-state index contributed by atoms with van der Waals surface area (Å²) in [5.74, 6) is -0.334. The van der Waals surface area contributed by atoms with Crippen molar-refractivity contribution in [2.24, 2.45) is 4.99 Å². The summed E-state index contributed by atoms with van der Waals surface area (Å²) in [5, 5.41) is 3.40. The number of halogens is 2. The van der Waals surface area contributed by atoms with Crippen LogP contribution in [0.5, 0.6) is 0 Å². The Labute approximate surface area is 151 Å². The summed E-state index contributed by atoms with van der Waals surface area (Å²) in [6.45, 7) is 7.24. The van der Waals surface area contributed by atoms with Crippen LogP contribution in [0.2, 0.25) is 10.0 Å². The quantitative estimate of drug-likeness (QED) is 0.597. The lowest BCUT2D eigenvalue weighted by atomic mass is 10.2. The van der Waals surface area contributed by atoms with Crippen LogP contribution in [0.25, 0.3) is 0 Å². The highest BCUT2D eigenvalue weighted by atomic mass is 35.5. The molecule has 2 rings (SSSR count). The van der Waals surface area contributed by atoms with Crippen molar-refractivity contribution in [1.82, 2.24) is 5.32 Å². The third-order valence-electron chi connectivity index (χ3n) is 3.60. The second kappa shape index (κ2) is 9.84. The van der Waals surface area contributed by atoms with E-state index in [4.69, 9.17) is 32.7 Å². The zero-order valence-electron chi connectivity index (χ0n) is 13.6. The Balaban J connectivity index is 1.92. The van der Waals surface area contributed by atoms with Gasteiger partial charge in [0.05, 0.1) is 43.0 Å². The number of aliphatic imine (C=N–C) groups is 1. The van der Waals surface area contributed by atoms with E-state index in [1.807, 2.05) is 6.92 Å². The molecule has 1 amide bonds. The smallest absolute Gasteiger partial charge is 0.291 e. The normalized spacial score (nSPS) is 16.0. The van der Waals surface area contributed by atoms with Gasteiger partial charge in [0.15, 0.2) is 0 Å². The minimum absolute atomic E-state index is 0.223. The molecule has 1 aliphatic heterocycles. The minimum atomic E-state index is -0.334. The second-order valence-electron chi connectivity index (χ2n) is 5.32. The summed E-state index contributed by atoms with van der Waals surface area (Å²) in [4.78, 5) is 18.1. The molecule has 0 radical (unpaired) electrons. The number of nitrogens with one attached hydrogen (secondary N) is 2. The second-order valence-corrected chi connectivity index (χ2v) is 6.13. The van der Waals surface area contributed by atoms with E-state index >= 15 is 0 Å². The van der Waals surface area contributed by atoms with E-state index in [1.54, 1.807) is 12.1 Å². The maximum absolute atomic E-state index is 12.3. The van der Waals surface area contributed by atoms with Crippen molar-refractivity contribution in [3.63, 3.8) is 0 Å². The van der Waals surface area contributed by atoms with Gasteiger partial charge in [-0.3, -0.25) is 10.1 Å². The van der Waals surface area contributed by atoms with Crippen LogP contribution in [0.4, 0.5) is 0 Å². The largest absolute Gasteiger partial charge is 0.465 e. The third kappa shape index (κ3) is 5.94. The maximum atomic E-state index is 12.3. The van der Waals surface area contributed by atoms with Crippen molar-refractivity contribution in [2.45, 2.75) is 6.92 Å². The molecule has 1 saturated heterocycles. The standard InChI is InChI=1S/C16H21Cl2N3O3/c1-2-24-16(19-5-6-21-7-9-23-10-8-21)20-15(22)12-3-4-13(17)14(18)11-12/h3-4,11H,2,5-10H2,1H3,(H,19,20,22)/p+1. The van der Waals surface area contributed by atoms with Crippen molar-refractivity contribution in [2.75, 3.05) is 46.0 Å². The lowest BCUT2D eigenvalue weighted by molar-refractivity contribution is -0.906. The predicted molar refractivity (Wildman–Crippen MR) is 94.2 cm³/mol. The zero-order valence-corrected chi connectivity index (χ0v) is 15.1. The molecule has 0 bridgehead atoms. The third-order valence-corrected chi connectivity index (χ3v) is 4.34. The molecule has 0 aromatic heterocycles. The van der Waals surface area contributed by atoms with E-state index < -0.39 is 0 Å². The molecule has 8 heteroatoms. The average molecular weight is 375 g/mol. The van der Waals surface area contributed by atoms with E-state index in [1.165, 1.54) is 11.0 Å². The van der Waals surface area contributed by atoms with Gasteiger partial charge in [-0.25, -0.2) is 4.99 Å². The lowest BCUT2D eigenvalue weighted by Gasteiger charge is -2.23. The molecule has 1 aliphatic rings. The van der Waals surface area contributed by atoms with Gasteiger partial charge in [0.1, 0.15) is 13.1 Å². The molecule has 24 heavy (non-hydrogen) atoms. The SMILES string of the molecule is CCOC(=NCC[NH+]1CCOCC1)NC(=O)c1ccc(Cl)c(Cl)c1. The number of rotatable bonds is 5. The van der Waals surface area contributed by atoms with Crippen LogP contribution in [0.15, 0.2) is 23.2 Å². The number of quaternary nitrogens is 1. The van der Waals surface area contributed by atoms with Gasteiger partial charge >= 0.3 is 0 Å². The maximum Gasteiger partial charge on any atom is 0.291 e. The molecule has 0 atom stereocenters. The molecule has 0 aliphatic carbocycles. The van der Waals surface area contributed by atoms with Gasteiger partial charge in [0, 0.05) is 5.56 Å². The van der Waals surface area contributed by atoms with Gasteiger partial charge < -0.3 is 14.4 Å². The number of nitrogens with zero attached hydrogens (tertiary/aromatic N) is 1. The fourth-order valence-electron chi connectivity index (χ4n) is 2.29. The van der Waals surface area contributed by atoms with Crippen LogP contribution in [0.3, 0.4) is 0 Å². The summed E-state index contributed by atoms with van der Waals surface area (Å²) >= 11 is 11.8. The fourth-order valence-corrected chi connectivity index (χ4v) is 2.59. The van der Waals surface area contributed by atoms with Gasteiger partial charge in [-0.05, 0) is 25.1 Å². The number of amidine groups is 1. The van der Waals surface area contributed by atoms with E-state index in [9.17, 15) is 4.79 Å². The molecule has 132 valence electrons. The van der Waals surface area contributed by atoms with E-state index in [2.05, 4.69) is 10.3 Å². The van der Waals surface area contributed by atoms with Gasteiger partial charge in [-0.2, -0.15) is 0 Å². The number of amides is 1. The van der Waals surface area contributed by atoms with Crippen molar-refractivity contribution >= 4 is 35.1 Å². The van der Waals surface area contributed by atoms with Crippen LogP contribution in [0, 0.1) is 0 Å². The van der Waals surface area contributed by atoms with Crippen LogP contribution in [-0.2, 0) is 9.47 Å². The Bertz CT molecular complexity index is 590. The predicted octanol–water partition coefficient (Wildman–Crippen LogP) is 1.03. The molecule has 2 N–H and O–H groups in total. The zero-order chi connectivity index (χ0) is 17.4. The topological polar surface area (TPSA) is 64.4 Å². The monoisotopic (exact) mass is 374 g/mol. The van der Waals surface area contributed by atoms with Gasteiger partial charge in [0.25, 0.3) is 11.9 Å². The molecular weight excluding hydrogens is 353 g/mol. The Morgan fingerprint density at radius 2 is 2.08 bits per heavy atom. The molecule has 1 fully saturated rings. The highest BCUT2D eigenvalue weighted by Crippen LogP contribution is 2.22. The summed E-state index contributed by atoms with van der Waals surface area (Å²) in [6.07, 6.45) is 0. The van der Waals surface area contributed by atoms with Crippen molar-refractivity contribution in [3.05, 3.63) is 33.8 Å². The van der Waals surface area contributed by atoms with Gasteiger partial charge in [0.2, 0.25) is 0 Å². The Hall–Kier alpha value is -1.34. The highest BCUT2D eigenvalue weighted by molar-refractivity contribution is 6.42. The van der Waals surface area contributed by atoms with Crippen LogP contribution < -0.4 is 10.2 Å². The summed E-state index contributed by atoms with van der Waals surface area (Å²) in [7, 11) is 0. The molecule has 0 unspecified atom stereocenters. The number of hydrogen-bond donors (Lipinski definition) is 2. The first-order valence-corrected chi connectivity index (χ1v) is 8.70. The first-order chi connectivity index (χ1) is 11.6. The Kier molecular flexibility index (Phi) is 7.78. The van der Waals surface area contributed by atoms with Crippen LogP contribution >= 0.6 is 23.2 Å². The average Bonchev–Trinajstić information content (AvgIpc) is 2.58. The number of hydrogen-bond acceptors (Lipinski definition) is 4. The van der Waals surface area contributed by atoms with Crippen molar-refractivity contribution in [3.8, 4) is 0 Å². The summed E-state index contributed by atoms with van der Waals surface area (Å²) in [5.41, 5.74) is 0.399. The van der Waals surface area contributed by atoms with E-state index in [0.29, 0.717) is 28.8 Å². The first kappa shape index (κ1) is 19.0. The van der Waals surface area contributed by atoms with Crippen LogP contribution in [0.1, 0.15) is 17.3 Å². The fraction of sp³-hybridized carbons (Fsp3) is 0.500. The molecule has 0 spiro atoms. The molecule has 1 aromatic carbocycles. The number of benzene rings is 1. The summed E-state index contributed by atoms with van der Waals surface area (Å²) in [6, 6.07) is 4.92. The number of carbonyl (C=O) groups is 1. The van der Waals surface area contributed by atoms with Crippen molar-refractivity contribution < 1.29 is 19.2 Å². The molecule has 0 saturated carbocycles. The molecule has 6 nitrogen and oxygen atoms in total. The number of carbonyl (C=O) groups excluding carboxylic acids is 1. The highest BCUT2D eigenvalue weighted by Gasteiger charge is 2.14. The van der Waals surface area contributed by atoms with E-state index in [-0.39, 0.29) is 11.9 Å². The van der Waals surface area contributed by atoms with Crippen LogP contribution in [-0.4, -0.2) is 57.9 Å². The number of morpholine rings is 1. The molecule has 1 heterocycles. The number of ether oxygens (including phenoxy) is 2. The summed E-state index contributed by atoms with van der Waals surface area (Å²) < 4.78 is 10.7. The minimum Gasteiger partial charge on any atom is -0.465 e. The van der Waals surface area contributed by atoms with Gasteiger partial charge in [-0.1, -0.05) is 23.2 Å². The van der Waals surface area contributed by atoms with Gasteiger partial charge in [-0.15, -0.1) is 0 Å². The molecule has 1 aromatic rings. The van der Waals surface area contributed by atoms with Crippen molar-refractivity contribution in [1.29, 1.82) is 0 Å². The Morgan fingerprint density at radius 3 is 2.75 bits per heavy atom. The first-order valence-electron chi connectivity index (χ1n) is 7.95. The Morgan fingerprint density at radius 1 is 1.33 bits per heavy atom.